The molecule has 2 rings (SSSR count). The molecule has 6 N–H and O–H groups in total. The van der Waals surface area contributed by atoms with Crippen LogP contribution in [0.15, 0.2) is 46.6 Å². The summed E-state index contributed by atoms with van der Waals surface area (Å²) in [5.74, 6) is -0.576. The minimum atomic E-state index is -0.751. The molecular weight excluding hydrogens is 316 g/mol. The van der Waals surface area contributed by atoms with Crippen molar-refractivity contribution in [3.05, 3.63) is 47.5 Å². The van der Waals surface area contributed by atoms with Crippen molar-refractivity contribution in [2.75, 3.05) is 0 Å². The van der Waals surface area contributed by atoms with E-state index in [0.29, 0.717) is 11.1 Å². The molecule has 0 saturated heterocycles. The van der Waals surface area contributed by atoms with E-state index >= 15 is 0 Å². The third-order valence-corrected chi connectivity index (χ3v) is 2.77. The average molecular weight is 330 g/mol. The van der Waals surface area contributed by atoms with Gasteiger partial charge in [-0.05, 0) is 24.3 Å². The van der Waals surface area contributed by atoms with Gasteiger partial charge in [0.2, 0.25) is 0 Å². The van der Waals surface area contributed by atoms with Crippen LogP contribution < -0.4 is 10.9 Å². The van der Waals surface area contributed by atoms with Gasteiger partial charge in [-0.25, -0.2) is 15.6 Å². The summed E-state index contributed by atoms with van der Waals surface area (Å²) in [4.78, 5) is 11.4. The maximum Gasteiger partial charge on any atom is 0.355 e. The van der Waals surface area contributed by atoms with E-state index < -0.39 is 6.03 Å². The molecule has 0 aliphatic heterocycles. The van der Waals surface area contributed by atoms with Crippen molar-refractivity contribution in [1.82, 2.24) is 10.9 Å². The predicted octanol–water partition coefficient (Wildman–Crippen LogP) is 1.18. The fraction of sp³-hybridized carbons (Fsp3) is 0. The lowest BCUT2D eigenvalue weighted by Gasteiger charge is -2.01. The Balaban J connectivity index is 1.87. The van der Waals surface area contributed by atoms with E-state index in [1.807, 2.05) is 0 Å². The highest BCUT2D eigenvalue weighted by atomic mass is 16.3. The van der Waals surface area contributed by atoms with Crippen LogP contribution in [0.1, 0.15) is 11.1 Å². The fourth-order valence-corrected chi connectivity index (χ4v) is 1.63. The first-order valence-electron chi connectivity index (χ1n) is 6.62. The second-order valence-electron chi connectivity index (χ2n) is 4.56. The molecule has 124 valence electrons. The first kappa shape index (κ1) is 16.6. The van der Waals surface area contributed by atoms with Crippen LogP contribution in [-0.4, -0.2) is 38.9 Å². The van der Waals surface area contributed by atoms with Gasteiger partial charge in [0.1, 0.15) is 23.0 Å². The lowest BCUT2D eigenvalue weighted by Crippen LogP contribution is -2.28. The zero-order chi connectivity index (χ0) is 17.5. The van der Waals surface area contributed by atoms with E-state index in [1.165, 1.54) is 36.7 Å². The van der Waals surface area contributed by atoms with Gasteiger partial charge < -0.3 is 20.4 Å². The first-order valence-corrected chi connectivity index (χ1v) is 6.62. The van der Waals surface area contributed by atoms with E-state index in [-0.39, 0.29) is 23.0 Å². The topological polar surface area (TPSA) is 147 Å². The molecule has 0 unspecified atom stereocenters. The molecule has 0 aliphatic carbocycles. The van der Waals surface area contributed by atoms with Gasteiger partial charge in [0.15, 0.2) is 0 Å². The van der Waals surface area contributed by atoms with Crippen LogP contribution in [0.2, 0.25) is 0 Å². The maximum absolute atomic E-state index is 11.4. The molecule has 2 aromatic rings. The highest BCUT2D eigenvalue weighted by Crippen LogP contribution is 2.21. The van der Waals surface area contributed by atoms with Crippen molar-refractivity contribution in [3.8, 4) is 23.0 Å². The Morgan fingerprint density at radius 2 is 1.21 bits per heavy atom. The molecule has 0 fully saturated rings. The number of hydrazone groups is 2. The Bertz CT molecular complexity index is 739. The summed E-state index contributed by atoms with van der Waals surface area (Å²) in [6.45, 7) is 0. The van der Waals surface area contributed by atoms with Crippen molar-refractivity contribution in [3.63, 3.8) is 0 Å². The lowest BCUT2D eigenvalue weighted by atomic mass is 10.2. The highest BCUT2D eigenvalue weighted by Gasteiger charge is 2.01. The van der Waals surface area contributed by atoms with E-state index in [0.717, 1.165) is 12.1 Å². The number of rotatable bonds is 4. The quantitative estimate of drug-likeness (QED) is 0.368. The van der Waals surface area contributed by atoms with Crippen molar-refractivity contribution in [1.29, 1.82) is 0 Å². The summed E-state index contributed by atoms with van der Waals surface area (Å²) in [5.41, 5.74) is 4.82. The number of carbonyl (C=O) groups excluding carboxylic acids is 1. The van der Waals surface area contributed by atoms with Crippen molar-refractivity contribution in [2.45, 2.75) is 0 Å². The molecule has 0 saturated carbocycles. The molecule has 0 spiro atoms. The van der Waals surface area contributed by atoms with Crippen LogP contribution in [0, 0.1) is 0 Å². The summed E-state index contributed by atoms with van der Waals surface area (Å²) in [6, 6.07) is 7.06. The third kappa shape index (κ3) is 4.63. The molecule has 0 heterocycles. The van der Waals surface area contributed by atoms with Crippen LogP contribution in [0.3, 0.4) is 0 Å². The standard InChI is InChI=1S/C15H14N4O5/c20-11-3-1-9(13(22)5-11)7-16-18-15(24)19-17-8-10-2-4-12(21)6-14(10)23/h1-8,20-23H,(H2,18,19,24)/b16-7-,17-8-. The highest BCUT2D eigenvalue weighted by molar-refractivity contribution is 5.86. The summed E-state index contributed by atoms with van der Waals surface area (Å²) in [7, 11) is 0. The summed E-state index contributed by atoms with van der Waals surface area (Å²) < 4.78 is 0. The zero-order valence-corrected chi connectivity index (χ0v) is 12.2. The van der Waals surface area contributed by atoms with Gasteiger partial charge in [0.25, 0.3) is 0 Å². The number of nitrogens with zero attached hydrogens (tertiary/aromatic N) is 2. The van der Waals surface area contributed by atoms with Crippen LogP contribution in [0.25, 0.3) is 0 Å². The first-order chi connectivity index (χ1) is 11.5. The molecule has 9 heteroatoms. The molecule has 2 aromatic carbocycles. The summed E-state index contributed by atoms with van der Waals surface area (Å²) in [5, 5.41) is 44.5. The van der Waals surface area contributed by atoms with Crippen LogP contribution in [-0.2, 0) is 0 Å². The third-order valence-electron chi connectivity index (χ3n) is 2.77. The van der Waals surface area contributed by atoms with Crippen molar-refractivity contribution >= 4 is 18.5 Å². The number of carbonyl (C=O) groups is 1. The number of amides is 2. The largest absolute Gasteiger partial charge is 0.508 e. The Labute approximate surface area is 136 Å². The number of nitrogens with one attached hydrogen (secondary N) is 2. The molecule has 24 heavy (non-hydrogen) atoms. The molecule has 0 aliphatic rings. The fourth-order valence-electron chi connectivity index (χ4n) is 1.63. The number of phenolic OH excluding ortho intramolecular Hbond substituents is 4. The number of urea groups is 1. The van der Waals surface area contributed by atoms with Gasteiger partial charge in [0, 0.05) is 23.3 Å². The number of benzene rings is 2. The zero-order valence-electron chi connectivity index (χ0n) is 12.2. The Morgan fingerprint density at radius 3 is 1.58 bits per heavy atom. The van der Waals surface area contributed by atoms with Gasteiger partial charge >= 0.3 is 6.03 Å². The second-order valence-corrected chi connectivity index (χ2v) is 4.56. The molecule has 0 aromatic heterocycles. The number of phenols is 4. The predicted molar refractivity (Wildman–Crippen MR) is 86.4 cm³/mol. The SMILES string of the molecule is O=C(N/N=C\c1ccc(O)cc1O)N/N=C\c1ccc(O)cc1O. The van der Waals surface area contributed by atoms with Gasteiger partial charge in [-0.3, -0.25) is 0 Å². The van der Waals surface area contributed by atoms with E-state index in [2.05, 4.69) is 21.1 Å². The second kappa shape index (κ2) is 7.49. The van der Waals surface area contributed by atoms with Crippen LogP contribution in [0.5, 0.6) is 23.0 Å². The molecule has 9 nitrogen and oxygen atoms in total. The molecule has 0 radical (unpaired) electrons. The smallest absolute Gasteiger partial charge is 0.355 e. The number of aromatic hydroxyl groups is 4. The Morgan fingerprint density at radius 1 is 0.792 bits per heavy atom. The van der Waals surface area contributed by atoms with E-state index in [9.17, 15) is 15.0 Å². The van der Waals surface area contributed by atoms with Crippen LogP contribution >= 0.6 is 0 Å². The summed E-state index contributed by atoms with van der Waals surface area (Å²) >= 11 is 0. The Hall–Kier alpha value is -3.75. The molecule has 2 amide bonds. The van der Waals surface area contributed by atoms with Crippen molar-refractivity contribution in [2.24, 2.45) is 10.2 Å². The number of hydrogen-bond donors (Lipinski definition) is 6. The summed E-state index contributed by atoms with van der Waals surface area (Å²) in [6.07, 6.45) is 2.37. The van der Waals surface area contributed by atoms with Gasteiger partial charge in [-0.15, -0.1) is 0 Å². The molecule has 0 bridgehead atoms. The minimum absolute atomic E-state index is 0.0952. The number of hydrogen-bond acceptors (Lipinski definition) is 7. The Kier molecular flexibility index (Phi) is 5.19. The lowest BCUT2D eigenvalue weighted by molar-refractivity contribution is 0.242. The molecule has 0 atom stereocenters. The maximum atomic E-state index is 11.4. The van der Waals surface area contributed by atoms with E-state index in [1.54, 1.807) is 0 Å². The van der Waals surface area contributed by atoms with Gasteiger partial charge in [-0.2, -0.15) is 10.2 Å². The minimum Gasteiger partial charge on any atom is -0.508 e. The molecular formula is C15H14N4O5. The normalized spacial score (nSPS) is 11.0. The monoisotopic (exact) mass is 330 g/mol. The van der Waals surface area contributed by atoms with Crippen LogP contribution in [0.4, 0.5) is 4.79 Å². The van der Waals surface area contributed by atoms with Gasteiger partial charge in [-0.1, -0.05) is 0 Å². The average Bonchev–Trinajstić information content (AvgIpc) is 2.51. The van der Waals surface area contributed by atoms with Gasteiger partial charge in [0.05, 0.1) is 12.4 Å². The van der Waals surface area contributed by atoms with Crippen molar-refractivity contribution < 1.29 is 25.2 Å². The van der Waals surface area contributed by atoms with E-state index in [4.69, 9.17) is 10.2 Å².